The average molecular weight is 304 g/mol. The third-order valence-electron chi connectivity index (χ3n) is 3.39. The van der Waals surface area contributed by atoms with Crippen LogP contribution in [-0.2, 0) is 11.3 Å². The predicted octanol–water partition coefficient (Wildman–Crippen LogP) is 3.64. The normalized spacial score (nSPS) is 12.3. The molecule has 2 aromatic carbocycles. The van der Waals surface area contributed by atoms with Crippen LogP contribution in [0.5, 0.6) is 0 Å². The highest BCUT2D eigenvalue weighted by molar-refractivity contribution is 6.31. The van der Waals surface area contributed by atoms with E-state index in [9.17, 15) is 9.90 Å². The van der Waals surface area contributed by atoms with Gasteiger partial charge in [-0.3, -0.25) is 4.79 Å². The van der Waals surface area contributed by atoms with Crippen molar-refractivity contribution in [2.75, 3.05) is 13.6 Å². The van der Waals surface area contributed by atoms with Crippen LogP contribution in [-0.4, -0.2) is 29.6 Å². The number of likely N-dealkylation sites (N-methyl/N-ethyl adjacent to an activating group) is 1. The summed E-state index contributed by atoms with van der Waals surface area (Å²) in [6.45, 7) is 1.06. The Kier molecular flexibility index (Phi) is 5.37. The third kappa shape index (κ3) is 4.31. The highest BCUT2D eigenvalue weighted by Gasteiger charge is 2.21. The largest absolute Gasteiger partial charge is 0.481 e. The molecule has 0 bridgehead atoms. The zero-order valence-electron chi connectivity index (χ0n) is 11.9. The van der Waals surface area contributed by atoms with Crippen LogP contribution in [0.1, 0.15) is 17.0 Å². The number of hydrogen-bond acceptors (Lipinski definition) is 2. The Morgan fingerprint density at radius 1 is 1.14 bits per heavy atom. The number of benzene rings is 2. The second kappa shape index (κ2) is 7.25. The fraction of sp³-hybridized carbons (Fsp3) is 0.235. The molecule has 0 aromatic heterocycles. The molecule has 3 nitrogen and oxygen atoms in total. The molecule has 4 heteroatoms. The summed E-state index contributed by atoms with van der Waals surface area (Å²) in [6.07, 6.45) is 0. The average Bonchev–Trinajstić information content (AvgIpc) is 2.48. The maximum Gasteiger partial charge on any atom is 0.312 e. The molecule has 0 aliphatic heterocycles. The fourth-order valence-corrected chi connectivity index (χ4v) is 2.50. The van der Waals surface area contributed by atoms with Gasteiger partial charge in [-0.25, -0.2) is 0 Å². The molecule has 2 rings (SSSR count). The molecule has 21 heavy (non-hydrogen) atoms. The lowest BCUT2D eigenvalue weighted by atomic mass is 9.98. The van der Waals surface area contributed by atoms with Crippen molar-refractivity contribution in [3.63, 3.8) is 0 Å². The van der Waals surface area contributed by atoms with Crippen molar-refractivity contribution in [2.24, 2.45) is 0 Å². The first-order valence-corrected chi connectivity index (χ1v) is 7.15. The number of halogens is 1. The zero-order valence-corrected chi connectivity index (χ0v) is 12.6. The molecule has 0 aliphatic carbocycles. The smallest absolute Gasteiger partial charge is 0.312 e. The molecule has 0 saturated carbocycles. The van der Waals surface area contributed by atoms with Crippen molar-refractivity contribution in [3.8, 4) is 0 Å². The summed E-state index contributed by atoms with van der Waals surface area (Å²) in [4.78, 5) is 13.5. The Bertz CT molecular complexity index is 601. The Morgan fingerprint density at radius 3 is 2.38 bits per heavy atom. The first-order chi connectivity index (χ1) is 10.1. The molecule has 0 amide bonds. The molecule has 0 radical (unpaired) electrons. The Labute approximate surface area is 129 Å². The van der Waals surface area contributed by atoms with E-state index >= 15 is 0 Å². The Hall–Kier alpha value is -1.84. The Morgan fingerprint density at radius 2 is 1.76 bits per heavy atom. The van der Waals surface area contributed by atoms with E-state index in [1.54, 1.807) is 0 Å². The summed E-state index contributed by atoms with van der Waals surface area (Å²) >= 11 is 6.14. The first-order valence-electron chi connectivity index (χ1n) is 6.77. The number of aliphatic carboxylic acids is 1. The van der Waals surface area contributed by atoms with Crippen molar-refractivity contribution >= 4 is 17.6 Å². The van der Waals surface area contributed by atoms with Crippen molar-refractivity contribution in [2.45, 2.75) is 12.5 Å². The van der Waals surface area contributed by atoms with E-state index < -0.39 is 11.9 Å². The van der Waals surface area contributed by atoms with Gasteiger partial charge in [-0.15, -0.1) is 0 Å². The quantitative estimate of drug-likeness (QED) is 0.885. The van der Waals surface area contributed by atoms with Gasteiger partial charge >= 0.3 is 5.97 Å². The zero-order chi connectivity index (χ0) is 15.2. The van der Waals surface area contributed by atoms with E-state index in [0.29, 0.717) is 18.1 Å². The SMILES string of the molecule is CN(Cc1ccccc1Cl)CC(C(=O)O)c1ccccc1. The van der Waals surface area contributed by atoms with Gasteiger partial charge in [0.1, 0.15) is 0 Å². The van der Waals surface area contributed by atoms with E-state index in [0.717, 1.165) is 11.1 Å². The summed E-state index contributed by atoms with van der Waals surface area (Å²) in [5.41, 5.74) is 1.81. The maximum atomic E-state index is 11.5. The number of nitrogens with zero attached hydrogens (tertiary/aromatic N) is 1. The topological polar surface area (TPSA) is 40.5 Å². The van der Waals surface area contributed by atoms with Crippen LogP contribution in [0.25, 0.3) is 0 Å². The van der Waals surface area contributed by atoms with Gasteiger partial charge in [0.05, 0.1) is 5.92 Å². The van der Waals surface area contributed by atoms with Gasteiger partial charge in [-0.05, 0) is 24.2 Å². The molecule has 0 spiro atoms. The summed E-state index contributed by atoms with van der Waals surface area (Å²) < 4.78 is 0. The van der Waals surface area contributed by atoms with Gasteiger partial charge in [0.2, 0.25) is 0 Å². The van der Waals surface area contributed by atoms with Gasteiger partial charge in [-0.2, -0.15) is 0 Å². The second-order valence-electron chi connectivity index (χ2n) is 5.09. The van der Waals surface area contributed by atoms with Gasteiger partial charge < -0.3 is 10.0 Å². The minimum absolute atomic E-state index is 0.435. The van der Waals surface area contributed by atoms with Gasteiger partial charge in [0.15, 0.2) is 0 Å². The number of hydrogen-bond donors (Lipinski definition) is 1. The molecule has 1 atom stereocenters. The third-order valence-corrected chi connectivity index (χ3v) is 3.76. The molecule has 110 valence electrons. The monoisotopic (exact) mass is 303 g/mol. The van der Waals surface area contributed by atoms with E-state index in [2.05, 4.69) is 0 Å². The molecule has 0 fully saturated rings. The number of carboxylic acids is 1. The lowest BCUT2D eigenvalue weighted by Gasteiger charge is -2.22. The highest BCUT2D eigenvalue weighted by Crippen LogP contribution is 2.20. The van der Waals surface area contributed by atoms with Crippen LogP contribution in [0.15, 0.2) is 54.6 Å². The minimum atomic E-state index is -0.813. The van der Waals surface area contributed by atoms with Crippen molar-refractivity contribution in [3.05, 3.63) is 70.7 Å². The number of carbonyl (C=O) groups is 1. The number of carboxylic acid groups (broad SMARTS) is 1. The van der Waals surface area contributed by atoms with E-state index in [4.69, 9.17) is 11.6 Å². The Balaban J connectivity index is 2.07. The van der Waals surface area contributed by atoms with Crippen LogP contribution in [0.2, 0.25) is 5.02 Å². The van der Waals surface area contributed by atoms with Crippen LogP contribution in [0.4, 0.5) is 0 Å². The summed E-state index contributed by atoms with van der Waals surface area (Å²) in [6, 6.07) is 16.9. The molecule has 2 aromatic rings. The summed E-state index contributed by atoms with van der Waals surface area (Å²) in [7, 11) is 1.90. The number of rotatable bonds is 6. The molecular formula is C17H18ClNO2. The molecule has 0 aliphatic rings. The predicted molar refractivity (Wildman–Crippen MR) is 84.6 cm³/mol. The molecule has 1 unspecified atom stereocenters. The summed E-state index contributed by atoms with van der Waals surface area (Å²) in [5, 5.41) is 10.1. The van der Waals surface area contributed by atoms with Crippen LogP contribution < -0.4 is 0 Å². The summed E-state index contributed by atoms with van der Waals surface area (Å²) in [5.74, 6) is -1.36. The van der Waals surface area contributed by atoms with Crippen LogP contribution in [0.3, 0.4) is 0 Å². The van der Waals surface area contributed by atoms with Crippen molar-refractivity contribution < 1.29 is 9.90 Å². The van der Waals surface area contributed by atoms with E-state index in [1.807, 2.05) is 66.5 Å². The van der Waals surface area contributed by atoms with Crippen molar-refractivity contribution in [1.29, 1.82) is 0 Å². The van der Waals surface area contributed by atoms with E-state index in [-0.39, 0.29) is 0 Å². The highest BCUT2D eigenvalue weighted by atomic mass is 35.5. The van der Waals surface area contributed by atoms with Crippen molar-refractivity contribution in [1.82, 2.24) is 4.90 Å². The maximum absolute atomic E-state index is 11.5. The molecule has 1 N–H and O–H groups in total. The molecular weight excluding hydrogens is 286 g/mol. The molecule has 0 heterocycles. The lowest BCUT2D eigenvalue weighted by molar-refractivity contribution is -0.139. The minimum Gasteiger partial charge on any atom is -0.481 e. The van der Waals surface area contributed by atoms with Gasteiger partial charge in [-0.1, -0.05) is 60.1 Å². The van der Waals surface area contributed by atoms with E-state index in [1.165, 1.54) is 0 Å². The first kappa shape index (κ1) is 15.5. The van der Waals surface area contributed by atoms with Gasteiger partial charge in [0, 0.05) is 18.1 Å². The fourth-order valence-electron chi connectivity index (χ4n) is 2.31. The van der Waals surface area contributed by atoms with Gasteiger partial charge in [0.25, 0.3) is 0 Å². The lowest BCUT2D eigenvalue weighted by Crippen LogP contribution is -2.28. The standard InChI is InChI=1S/C17H18ClNO2/c1-19(11-14-9-5-6-10-16(14)18)12-15(17(20)21)13-7-3-2-4-8-13/h2-10,15H,11-12H2,1H3,(H,20,21). The molecule has 0 saturated heterocycles. The van der Waals surface area contributed by atoms with Crippen LogP contribution in [0, 0.1) is 0 Å². The second-order valence-corrected chi connectivity index (χ2v) is 5.50. The van der Waals surface area contributed by atoms with Crippen LogP contribution >= 0.6 is 11.6 Å².